The molecule has 0 radical (unpaired) electrons. The molecule has 1 N–H and O–H groups in total. The lowest BCUT2D eigenvalue weighted by atomic mass is 10.3. The van der Waals surface area contributed by atoms with Crippen molar-refractivity contribution in [1.82, 2.24) is 4.98 Å². The van der Waals surface area contributed by atoms with Gasteiger partial charge in [-0.25, -0.2) is 0 Å². The molecule has 0 bridgehead atoms. The second-order valence-corrected chi connectivity index (χ2v) is 3.92. The summed E-state index contributed by atoms with van der Waals surface area (Å²) in [5.74, 6) is -0.0974. The number of rotatable bonds is 7. The second kappa shape index (κ2) is 6.92. The van der Waals surface area contributed by atoms with Crippen molar-refractivity contribution in [1.29, 1.82) is 0 Å². The maximum atomic E-state index is 12.0. The lowest BCUT2D eigenvalue weighted by molar-refractivity contribution is -0.386. The molecular formula is C11H14F3N3O3. The van der Waals surface area contributed by atoms with Gasteiger partial charge in [0.2, 0.25) is 0 Å². The van der Waals surface area contributed by atoms with Gasteiger partial charge in [-0.15, -0.1) is 0 Å². The Kier molecular flexibility index (Phi) is 5.53. The van der Waals surface area contributed by atoms with Gasteiger partial charge < -0.3 is 10.1 Å². The van der Waals surface area contributed by atoms with Crippen molar-refractivity contribution in [2.45, 2.75) is 25.9 Å². The Balaban J connectivity index is 2.80. The fourth-order valence-corrected chi connectivity index (χ4v) is 1.29. The number of anilines is 1. The van der Waals surface area contributed by atoms with Crippen LogP contribution in [0.2, 0.25) is 0 Å². The molecule has 0 amide bonds. The van der Waals surface area contributed by atoms with Crippen LogP contribution in [0.1, 0.15) is 19.8 Å². The number of nitrogens with one attached hydrogen (secondary N) is 1. The van der Waals surface area contributed by atoms with Crippen LogP contribution < -0.4 is 10.1 Å². The number of halogens is 3. The minimum absolute atomic E-state index is 0.319. The topological polar surface area (TPSA) is 77.3 Å². The van der Waals surface area contributed by atoms with Crippen molar-refractivity contribution in [3.05, 3.63) is 22.2 Å². The second-order valence-electron chi connectivity index (χ2n) is 3.92. The Hall–Kier alpha value is -2.06. The fraction of sp³-hybridized carbons (Fsp3) is 0.545. The van der Waals surface area contributed by atoms with Gasteiger partial charge >= 0.3 is 11.9 Å². The van der Waals surface area contributed by atoms with E-state index in [9.17, 15) is 23.3 Å². The average Bonchev–Trinajstić information content (AvgIpc) is 2.34. The molecule has 6 nitrogen and oxygen atoms in total. The third-order valence-electron chi connectivity index (χ3n) is 2.22. The highest BCUT2D eigenvalue weighted by Crippen LogP contribution is 2.27. The monoisotopic (exact) mass is 293 g/mol. The Bertz CT molecular complexity index is 466. The van der Waals surface area contributed by atoms with E-state index in [0.717, 1.165) is 12.5 Å². The summed E-state index contributed by atoms with van der Waals surface area (Å²) in [6, 6.07) is 2.53. The number of nitrogens with zero attached hydrogens (tertiary/aromatic N) is 2. The number of alkyl halides is 3. The van der Waals surface area contributed by atoms with Crippen LogP contribution in [-0.2, 0) is 0 Å². The number of nitro groups is 1. The smallest absolute Gasteiger partial charge is 0.392 e. The van der Waals surface area contributed by atoms with Crippen LogP contribution in [0.3, 0.4) is 0 Å². The highest BCUT2D eigenvalue weighted by Gasteiger charge is 2.28. The largest absolute Gasteiger partial charge is 0.472 e. The standard InChI is InChI=1S/C11H14F3N3O3/c1-2-6-15-9-4-3-8(17(18)19)10(16-9)20-7-5-11(12,13)14/h3-4H,2,5-7H2,1H3,(H,15,16). The summed E-state index contributed by atoms with van der Waals surface area (Å²) in [6.07, 6.45) is -4.77. The van der Waals surface area contributed by atoms with Crippen LogP contribution in [0.25, 0.3) is 0 Å². The first-order valence-electron chi connectivity index (χ1n) is 5.92. The maximum Gasteiger partial charge on any atom is 0.392 e. The van der Waals surface area contributed by atoms with Gasteiger partial charge in [0, 0.05) is 12.6 Å². The summed E-state index contributed by atoms with van der Waals surface area (Å²) in [5, 5.41) is 13.6. The molecule has 0 atom stereocenters. The van der Waals surface area contributed by atoms with Crippen molar-refractivity contribution in [2.24, 2.45) is 0 Å². The van der Waals surface area contributed by atoms with Gasteiger partial charge in [0.25, 0.3) is 5.88 Å². The van der Waals surface area contributed by atoms with Gasteiger partial charge in [0.1, 0.15) is 5.82 Å². The third kappa shape index (κ3) is 5.29. The van der Waals surface area contributed by atoms with Crippen LogP contribution in [0.15, 0.2) is 12.1 Å². The molecule has 0 aromatic carbocycles. The van der Waals surface area contributed by atoms with Gasteiger partial charge in [-0.3, -0.25) is 10.1 Å². The molecule has 0 saturated heterocycles. The van der Waals surface area contributed by atoms with Gasteiger partial charge in [-0.05, 0) is 12.5 Å². The lowest BCUT2D eigenvalue weighted by Gasteiger charge is -2.10. The number of aromatic nitrogens is 1. The summed E-state index contributed by atoms with van der Waals surface area (Å²) >= 11 is 0. The van der Waals surface area contributed by atoms with Crippen LogP contribution >= 0.6 is 0 Å². The van der Waals surface area contributed by atoms with E-state index in [2.05, 4.69) is 10.3 Å². The zero-order chi connectivity index (χ0) is 15.2. The van der Waals surface area contributed by atoms with E-state index in [4.69, 9.17) is 4.74 Å². The van der Waals surface area contributed by atoms with Crippen molar-refractivity contribution >= 4 is 11.5 Å². The third-order valence-corrected chi connectivity index (χ3v) is 2.22. The molecule has 1 heterocycles. The summed E-state index contributed by atoms with van der Waals surface area (Å²) in [6.45, 7) is 1.79. The molecule has 0 fully saturated rings. The van der Waals surface area contributed by atoms with Crippen LogP contribution in [0.5, 0.6) is 5.88 Å². The van der Waals surface area contributed by atoms with E-state index >= 15 is 0 Å². The van der Waals surface area contributed by atoms with Crippen LogP contribution in [0, 0.1) is 10.1 Å². The van der Waals surface area contributed by atoms with Crippen molar-refractivity contribution < 1.29 is 22.8 Å². The minimum atomic E-state index is -4.38. The molecule has 1 aromatic heterocycles. The molecule has 1 rings (SSSR count). The Morgan fingerprint density at radius 3 is 2.70 bits per heavy atom. The quantitative estimate of drug-likeness (QED) is 0.617. The van der Waals surface area contributed by atoms with Crippen molar-refractivity contribution in [3.8, 4) is 5.88 Å². The summed E-state index contributed by atoms with van der Waals surface area (Å²) in [4.78, 5) is 13.8. The molecular weight excluding hydrogens is 279 g/mol. The molecule has 0 aliphatic heterocycles. The van der Waals surface area contributed by atoms with E-state index in [1.165, 1.54) is 6.07 Å². The molecule has 1 aromatic rings. The molecule has 0 aliphatic rings. The lowest BCUT2D eigenvalue weighted by Crippen LogP contribution is -2.14. The highest BCUT2D eigenvalue weighted by molar-refractivity contribution is 5.49. The first-order chi connectivity index (χ1) is 9.33. The molecule has 0 unspecified atom stereocenters. The van der Waals surface area contributed by atoms with Gasteiger partial charge in [-0.1, -0.05) is 6.92 Å². The Morgan fingerprint density at radius 1 is 1.45 bits per heavy atom. The van der Waals surface area contributed by atoms with Crippen molar-refractivity contribution in [2.75, 3.05) is 18.5 Å². The highest BCUT2D eigenvalue weighted by atomic mass is 19.4. The SMILES string of the molecule is CCCNc1ccc([N+](=O)[O-])c(OCCC(F)(F)F)n1. The average molecular weight is 293 g/mol. The molecule has 9 heteroatoms. The molecule has 0 spiro atoms. The first-order valence-corrected chi connectivity index (χ1v) is 5.92. The predicted octanol–water partition coefficient (Wildman–Crippen LogP) is 3.14. The number of pyridine rings is 1. The molecule has 0 aliphatic carbocycles. The van der Waals surface area contributed by atoms with E-state index in [1.54, 1.807) is 0 Å². The van der Waals surface area contributed by atoms with E-state index < -0.39 is 35.7 Å². The first kappa shape index (κ1) is 16.0. The predicted molar refractivity (Wildman–Crippen MR) is 65.8 cm³/mol. The van der Waals surface area contributed by atoms with E-state index in [0.29, 0.717) is 12.4 Å². The Labute approximate surface area is 113 Å². The van der Waals surface area contributed by atoms with Crippen LogP contribution in [0.4, 0.5) is 24.7 Å². The molecule has 112 valence electrons. The maximum absolute atomic E-state index is 12.0. The summed E-state index contributed by atoms with van der Waals surface area (Å²) in [7, 11) is 0. The molecule has 20 heavy (non-hydrogen) atoms. The zero-order valence-electron chi connectivity index (χ0n) is 10.7. The van der Waals surface area contributed by atoms with Gasteiger partial charge in [0.15, 0.2) is 0 Å². The number of hydrogen-bond donors (Lipinski definition) is 1. The van der Waals surface area contributed by atoms with E-state index in [1.807, 2.05) is 6.92 Å². The summed E-state index contributed by atoms with van der Waals surface area (Å²) in [5.41, 5.74) is -0.464. The summed E-state index contributed by atoms with van der Waals surface area (Å²) < 4.78 is 40.8. The fourth-order valence-electron chi connectivity index (χ4n) is 1.29. The normalized spacial score (nSPS) is 11.2. The zero-order valence-corrected chi connectivity index (χ0v) is 10.7. The molecule has 0 saturated carbocycles. The number of hydrogen-bond acceptors (Lipinski definition) is 5. The van der Waals surface area contributed by atoms with E-state index in [-0.39, 0.29) is 0 Å². The van der Waals surface area contributed by atoms with Crippen LogP contribution in [-0.4, -0.2) is 29.2 Å². The minimum Gasteiger partial charge on any atom is -0.472 e. The number of ether oxygens (including phenoxy) is 1. The Morgan fingerprint density at radius 2 is 2.15 bits per heavy atom. The van der Waals surface area contributed by atoms with Gasteiger partial charge in [-0.2, -0.15) is 18.2 Å². The van der Waals surface area contributed by atoms with Gasteiger partial charge in [0.05, 0.1) is 18.0 Å². The van der Waals surface area contributed by atoms with Crippen molar-refractivity contribution in [3.63, 3.8) is 0 Å².